The molecule has 0 bridgehead atoms. The summed E-state index contributed by atoms with van der Waals surface area (Å²) in [6.07, 6.45) is 5.32. The normalized spacial score (nSPS) is 20.6. The van der Waals surface area contributed by atoms with Crippen molar-refractivity contribution >= 4 is 11.9 Å². The molecule has 28 heavy (non-hydrogen) atoms. The topological polar surface area (TPSA) is 75.8 Å². The number of hydrogen-bond acceptors (Lipinski definition) is 7. The number of amidine groups is 1. The molecule has 1 aromatic heterocycles. The zero-order valence-electron chi connectivity index (χ0n) is 15.4. The third-order valence-electron chi connectivity index (χ3n) is 4.50. The summed E-state index contributed by atoms with van der Waals surface area (Å²) in [5.74, 6) is 0.106. The van der Waals surface area contributed by atoms with Gasteiger partial charge in [0, 0.05) is 12.7 Å². The molecule has 4 rings (SSSR count). The van der Waals surface area contributed by atoms with Gasteiger partial charge in [0.15, 0.2) is 11.6 Å². The highest BCUT2D eigenvalue weighted by Crippen LogP contribution is 2.36. The predicted octanol–water partition coefficient (Wildman–Crippen LogP) is 3.55. The summed E-state index contributed by atoms with van der Waals surface area (Å²) < 4.78 is 39.1. The van der Waals surface area contributed by atoms with Crippen molar-refractivity contribution < 1.29 is 17.9 Å². The fourth-order valence-corrected chi connectivity index (χ4v) is 3.18. The van der Waals surface area contributed by atoms with Crippen molar-refractivity contribution in [1.29, 1.82) is 0 Å². The van der Waals surface area contributed by atoms with Crippen molar-refractivity contribution in [3.63, 3.8) is 0 Å². The molecule has 1 aromatic carbocycles. The zero-order chi connectivity index (χ0) is 19.7. The third-order valence-corrected chi connectivity index (χ3v) is 4.50. The molecule has 1 N–H and O–H groups in total. The molecule has 2 atom stereocenters. The molecule has 0 aliphatic carbocycles. The third kappa shape index (κ3) is 3.23. The highest BCUT2D eigenvalue weighted by Gasteiger charge is 2.40. The highest BCUT2D eigenvalue weighted by molar-refractivity contribution is 6.00. The first kappa shape index (κ1) is 18.1. The molecule has 2 aliphatic rings. The maximum atomic E-state index is 13.9. The summed E-state index contributed by atoms with van der Waals surface area (Å²) in [4.78, 5) is 6.49. The van der Waals surface area contributed by atoms with Crippen LogP contribution in [-0.4, -0.2) is 33.5 Å². The van der Waals surface area contributed by atoms with Crippen LogP contribution in [0.25, 0.3) is 0 Å². The van der Waals surface area contributed by atoms with Gasteiger partial charge in [-0.15, -0.1) is 5.10 Å². The number of ether oxygens (including phenoxy) is 1. The number of benzene rings is 1. The molecule has 0 amide bonds. The van der Waals surface area contributed by atoms with Crippen LogP contribution in [0.3, 0.4) is 0 Å². The molecule has 0 saturated carbocycles. The molecular weight excluding hydrogens is 368 g/mol. The number of aliphatic imine (C=N–C) groups is 1. The zero-order valence-corrected chi connectivity index (χ0v) is 15.4. The molecule has 2 aromatic rings. The summed E-state index contributed by atoms with van der Waals surface area (Å²) in [5, 5.41) is 11.1. The van der Waals surface area contributed by atoms with E-state index in [1.165, 1.54) is 18.2 Å². The van der Waals surface area contributed by atoms with Crippen molar-refractivity contribution in [2.45, 2.75) is 32.5 Å². The van der Waals surface area contributed by atoms with Gasteiger partial charge in [0.05, 0.1) is 11.6 Å². The second-order valence-corrected chi connectivity index (χ2v) is 6.38. The maximum absolute atomic E-state index is 13.9. The minimum absolute atomic E-state index is 0.125. The predicted molar refractivity (Wildman–Crippen MR) is 98.3 cm³/mol. The lowest BCUT2D eigenvalue weighted by Crippen LogP contribution is -2.31. The van der Waals surface area contributed by atoms with E-state index in [0.717, 1.165) is 0 Å². The van der Waals surface area contributed by atoms with Gasteiger partial charge in [0.2, 0.25) is 5.89 Å². The van der Waals surface area contributed by atoms with Gasteiger partial charge in [-0.3, -0.25) is 4.99 Å². The summed E-state index contributed by atoms with van der Waals surface area (Å²) >= 11 is 0. The van der Waals surface area contributed by atoms with E-state index in [2.05, 4.69) is 20.5 Å². The Bertz CT molecular complexity index is 949. The average molecular weight is 387 g/mol. The van der Waals surface area contributed by atoms with Crippen molar-refractivity contribution in [3.8, 4) is 0 Å². The highest BCUT2D eigenvalue weighted by atomic mass is 19.1. The van der Waals surface area contributed by atoms with Crippen LogP contribution in [0, 0.1) is 11.6 Å². The summed E-state index contributed by atoms with van der Waals surface area (Å²) in [6, 6.07) is 3.60. The molecule has 3 heterocycles. The molecule has 2 aliphatic heterocycles. The fraction of sp³-hybridized carbons (Fsp3) is 0.316. The Morgan fingerprint density at radius 1 is 1.25 bits per heavy atom. The van der Waals surface area contributed by atoms with Gasteiger partial charge in [-0.2, -0.15) is 0 Å². The number of anilines is 1. The Kier molecular flexibility index (Phi) is 4.81. The molecule has 0 saturated heterocycles. The monoisotopic (exact) mass is 387 g/mol. The molecule has 9 heteroatoms. The number of rotatable bonds is 6. The van der Waals surface area contributed by atoms with Gasteiger partial charge in [-0.05, 0) is 38.1 Å². The van der Waals surface area contributed by atoms with Crippen molar-refractivity contribution in [2.24, 2.45) is 4.99 Å². The van der Waals surface area contributed by atoms with E-state index in [1.807, 2.05) is 24.9 Å². The van der Waals surface area contributed by atoms with E-state index in [0.29, 0.717) is 30.0 Å². The Morgan fingerprint density at radius 2 is 2.04 bits per heavy atom. The minimum atomic E-state index is -0.648. The van der Waals surface area contributed by atoms with Gasteiger partial charge in [0.1, 0.15) is 24.3 Å². The Labute approximate surface area is 160 Å². The van der Waals surface area contributed by atoms with Crippen LogP contribution >= 0.6 is 0 Å². The van der Waals surface area contributed by atoms with Gasteiger partial charge < -0.3 is 19.4 Å². The molecule has 0 fully saturated rings. The lowest BCUT2D eigenvalue weighted by molar-refractivity contribution is 0.201. The van der Waals surface area contributed by atoms with Crippen LogP contribution in [0.1, 0.15) is 31.3 Å². The SMILES string of the molecule is CCNc1nnc(C2C(C)N=C3C(OCc4c(F)cccc4F)=CC=CN32)o1. The summed E-state index contributed by atoms with van der Waals surface area (Å²) in [5.41, 5.74) is -0.125. The minimum Gasteiger partial charge on any atom is -0.485 e. The number of fused-ring (bicyclic) bond motifs is 1. The van der Waals surface area contributed by atoms with Gasteiger partial charge in [-0.25, -0.2) is 8.78 Å². The van der Waals surface area contributed by atoms with Crippen LogP contribution < -0.4 is 5.32 Å². The second kappa shape index (κ2) is 7.41. The van der Waals surface area contributed by atoms with Crippen LogP contribution in [0.15, 0.2) is 51.7 Å². The van der Waals surface area contributed by atoms with E-state index in [1.54, 1.807) is 12.2 Å². The van der Waals surface area contributed by atoms with E-state index >= 15 is 0 Å². The molecule has 2 unspecified atom stereocenters. The summed E-state index contributed by atoms with van der Waals surface area (Å²) in [7, 11) is 0. The van der Waals surface area contributed by atoms with Gasteiger partial charge >= 0.3 is 6.01 Å². The van der Waals surface area contributed by atoms with Crippen LogP contribution in [-0.2, 0) is 11.3 Å². The van der Waals surface area contributed by atoms with Gasteiger partial charge in [-0.1, -0.05) is 11.2 Å². The van der Waals surface area contributed by atoms with E-state index in [4.69, 9.17) is 9.15 Å². The Balaban J connectivity index is 1.52. The number of aromatic nitrogens is 2. The lowest BCUT2D eigenvalue weighted by Gasteiger charge is -2.26. The van der Waals surface area contributed by atoms with Crippen LogP contribution in [0.5, 0.6) is 0 Å². The molecule has 7 nitrogen and oxygen atoms in total. The molecular formula is C19H19F2N5O2. The quantitative estimate of drug-likeness (QED) is 0.817. The van der Waals surface area contributed by atoms with E-state index < -0.39 is 11.6 Å². The molecule has 146 valence electrons. The summed E-state index contributed by atoms with van der Waals surface area (Å²) in [6.45, 7) is 4.29. The second-order valence-electron chi connectivity index (χ2n) is 6.38. The fourth-order valence-electron chi connectivity index (χ4n) is 3.18. The Hall–Kier alpha value is -3.23. The largest absolute Gasteiger partial charge is 0.485 e. The van der Waals surface area contributed by atoms with E-state index in [-0.39, 0.29) is 24.3 Å². The van der Waals surface area contributed by atoms with Crippen LogP contribution in [0.4, 0.5) is 14.8 Å². The number of halogens is 2. The number of nitrogens with one attached hydrogen (secondary N) is 1. The van der Waals surface area contributed by atoms with Crippen molar-refractivity contribution in [3.05, 3.63) is 65.4 Å². The molecule has 0 spiro atoms. The number of nitrogens with zero attached hydrogens (tertiary/aromatic N) is 4. The number of hydrogen-bond donors (Lipinski definition) is 1. The maximum Gasteiger partial charge on any atom is 0.315 e. The standard InChI is InChI=1S/C19H19F2N5O2/c1-3-22-19-25-24-18(28-19)16-11(2)23-17-15(8-5-9-26(16)17)27-10-12-13(20)6-4-7-14(12)21/h4-9,11,16H,3,10H2,1-2H3,(H,22,25). The first-order valence-corrected chi connectivity index (χ1v) is 8.96. The van der Waals surface area contributed by atoms with Gasteiger partial charge in [0.25, 0.3) is 0 Å². The Morgan fingerprint density at radius 3 is 2.79 bits per heavy atom. The first-order valence-electron chi connectivity index (χ1n) is 8.96. The van der Waals surface area contributed by atoms with E-state index in [9.17, 15) is 8.78 Å². The number of allylic oxidation sites excluding steroid dienone is 2. The smallest absolute Gasteiger partial charge is 0.315 e. The van der Waals surface area contributed by atoms with Crippen molar-refractivity contribution in [2.75, 3.05) is 11.9 Å². The molecule has 0 radical (unpaired) electrons. The van der Waals surface area contributed by atoms with Crippen LogP contribution in [0.2, 0.25) is 0 Å². The lowest BCUT2D eigenvalue weighted by atomic mass is 10.1. The first-order chi connectivity index (χ1) is 13.6. The van der Waals surface area contributed by atoms with Crippen molar-refractivity contribution in [1.82, 2.24) is 15.1 Å². The average Bonchev–Trinajstić information content (AvgIpc) is 3.25.